The summed E-state index contributed by atoms with van der Waals surface area (Å²) in [5, 5.41) is 0. The highest BCUT2D eigenvalue weighted by molar-refractivity contribution is 7.90. The first kappa shape index (κ1) is 20.9. The Balaban J connectivity index is 2.11. The van der Waals surface area contributed by atoms with Gasteiger partial charge in [-0.2, -0.15) is 4.99 Å². The normalized spacial score (nSPS) is 12.3. The number of hydrogen-bond acceptors (Lipinski definition) is 6. The average Bonchev–Trinajstić information content (AvgIpc) is 2.97. The van der Waals surface area contributed by atoms with Crippen LogP contribution in [0.5, 0.6) is 0 Å². The molecule has 0 fully saturated rings. The maximum Gasteiger partial charge on any atom is 0.326 e. The molecule has 0 saturated carbocycles. The number of carbonyl (C=O) groups is 2. The van der Waals surface area contributed by atoms with Gasteiger partial charge in [0.1, 0.15) is 12.4 Å². The third-order valence-corrected chi connectivity index (χ3v) is 6.10. The molecule has 3 rings (SSSR count). The van der Waals surface area contributed by atoms with Crippen LogP contribution in [0, 0.1) is 5.82 Å². The number of benzene rings is 2. The molecule has 29 heavy (non-hydrogen) atoms. The summed E-state index contributed by atoms with van der Waals surface area (Å²) in [6.07, 6.45) is 1.04. The van der Waals surface area contributed by atoms with Gasteiger partial charge in [-0.25, -0.2) is 12.8 Å². The lowest BCUT2D eigenvalue weighted by atomic mass is 10.2. The molecule has 152 valence electrons. The van der Waals surface area contributed by atoms with Crippen molar-refractivity contribution in [3.05, 3.63) is 58.6 Å². The minimum absolute atomic E-state index is 0.00337. The Bertz CT molecular complexity index is 1280. The van der Waals surface area contributed by atoms with Gasteiger partial charge in [0.2, 0.25) is 0 Å². The van der Waals surface area contributed by atoms with Crippen LogP contribution in [0.15, 0.2) is 52.4 Å². The van der Waals surface area contributed by atoms with Gasteiger partial charge in [0.15, 0.2) is 14.6 Å². The second kappa shape index (κ2) is 8.26. The summed E-state index contributed by atoms with van der Waals surface area (Å²) in [6, 6.07) is 9.55. The number of esters is 1. The van der Waals surface area contributed by atoms with Gasteiger partial charge in [-0.1, -0.05) is 17.4 Å². The van der Waals surface area contributed by atoms with E-state index in [-0.39, 0.29) is 28.4 Å². The molecular formula is C19H17FN2O5S2. The second-order valence-corrected chi connectivity index (χ2v) is 9.13. The van der Waals surface area contributed by atoms with Crippen LogP contribution in [-0.4, -0.2) is 37.7 Å². The quantitative estimate of drug-likeness (QED) is 0.573. The molecule has 0 aliphatic heterocycles. The van der Waals surface area contributed by atoms with Crippen molar-refractivity contribution in [2.75, 3.05) is 12.9 Å². The summed E-state index contributed by atoms with van der Waals surface area (Å²) in [4.78, 5) is 28.8. The Kier molecular flexibility index (Phi) is 5.94. The van der Waals surface area contributed by atoms with Crippen LogP contribution in [-0.2, 0) is 25.9 Å². The lowest BCUT2D eigenvalue weighted by Gasteiger charge is -2.05. The van der Waals surface area contributed by atoms with Crippen LogP contribution in [0.4, 0.5) is 4.39 Å². The minimum Gasteiger partial charge on any atom is -0.465 e. The number of fused-ring (bicyclic) bond motifs is 1. The molecule has 1 aromatic heterocycles. The number of halogens is 1. The average molecular weight is 436 g/mol. The molecule has 0 aliphatic rings. The number of thiazole rings is 1. The lowest BCUT2D eigenvalue weighted by molar-refractivity contribution is -0.143. The summed E-state index contributed by atoms with van der Waals surface area (Å²) in [7, 11) is -3.49. The van der Waals surface area contributed by atoms with Crippen LogP contribution in [0.1, 0.15) is 17.3 Å². The molecule has 2 aromatic carbocycles. The van der Waals surface area contributed by atoms with E-state index in [9.17, 15) is 22.4 Å². The van der Waals surface area contributed by atoms with Crippen molar-refractivity contribution in [1.29, 1.82) is 0 Å². The van der Waals surface area contributed by atoms with E-state index in [0.717, 1.165) is 17.6 Å². The van der Waals surface area contributed by atoms with Crippen molar-refractivity contribution in [3.8, 4) is 0 Å². The molecule has 10 heteroatoms. The van der Waals surface area contributed by atoms with E-state index in [0.29, 0.717) is 10.2 Å². The first-order valence-corrected chi connectivity index (χ1v) is 11.2. The molecule has 1 amide bonds. The monoisotopic (exact) mass is 436 g/mol. The molecule has 0 atom stereocenters. The zero-order valence-corrected chi connectivity index (χ0v) is 17.2. The van der Waals surface area contributed by atoms with E-state index >= 15 is 0 Å². The predicted octanol–water partition coefficient (Wildman–Crippen LogP) is 2.55. The van der Waals surface area contributed by atoms with E-state index in [2.05, 4.69) is 4.99 Å². The third kappa shape index (κ3) is 4.77. The summed E-state index contributed by atoms with van der Waals surface area (Å²) in [5.41, 5.74) is 0.611. The van der Waals surface area contributed by atoms with E-state index in [1.165, 1.54) is 47.0 Å². The van der Waals surface area contributed by atoms with Gasteiger partial charge < -0.3 is 9.30 Å². The van der Waals surface area contributed by atoms with Crippen LogP contribution in [0.3, 0.4) is 0 Å². The molecule has 0 saturated heterocycles. The Morgan fingerprint density at radius 2 is 1.97 bits per heavy atom. The number of ether oxygens (including phenoxy) is 1. The van der Waals surface area contributed by atoms with Crippen LogP contribution in [0.2, 0.25) is 0 Å². The van der Waals surface area contributed by atoms with E-state index in [1.54, 1.807) is 6.92 Å². The first-order valence-electron chi connectivity index (χ1n) is 8.52. The Labute approximate surface area is 170 Å². The van der Waals surface area contributed by atoms with Crippen molar-refractivity contribution < 1.29 is 27.1 Å². The fourth-order valence-corrected chi connectivity index (χ4v) is 4.35. The minimum atomic E-state index is -3.49. The molecule has 0 aliphatic carbocycles. The van der Waals surface area contributed by atoms with Crippen LogP contribution >= 0.6 is 11.3 Å². The van der Waals surface area contributed by atoms with Gasteiger partial charge in [0.05, 0.1) is 21.7 Å². The van der Waals surface area contributed by atoms with Gasteiger partial charge in [0.25, 0.3) is 5.91 Å². The fourth-order valence-electron chi connectivity index (χ4n) is 2.63. The second-order valence-electron chi connectivity index (χ2n) is 6.10. The van der Waals surface area contributed by atoms with Gasteiger partial charge in [-0.3, -0.25) is 9.59 Å². The molecule has 0 bridgehead atoms. The SMILES string of the molecule is CCOC(=O)Cn1c(=NC(=O)c2cccc(S(C)(=O)=O)c2)sc2cc(F)ccc21. The first-order chi connectivity index (χ1) is 13.7. The maximum absolute atomic E-state index is 13.6. The molecular weight excluding hydrogens is 419 g/mol. The fraction of sp³-hybridized carbons (Fsp3) is 0.211. The van der Waals surface area contributed by atoms with Crippen molar-refractivity contribution in [1.82, 2.24) is 4.57 Å². The molecule has 1 heterocycles. The molecule has 0 radical (unpaired) electrons. The number of aromatic nitrogens is 1. The maximum atomic E-state index is 13.6. The molecule has 0 unspecified atom stereocenters. The number of amides is 1. The standard InChI is InChI=1S/C19H17FN2O5S2/c1-3-27-17(23)11-22-15-8-7-13(20)10-16(15)28-19(22)21-18(24)12-5-4-6-14(9-12)29(2,25)26/h4-10H,3,11H2,1-2H3. The summed E-state index contributed by atoms with van der Waals surface area (Å²) >= 11 is 1.04. The number of hydrogen-bond donors (Lipinski definition) is 0. The highest BCUT2D eigenvalue weighted by Crippen LogP contribution is 2.19. The third-order valence-electron chi connectivity index (χ3n) is 3.94. The summed E-state index contributed by atoms with van der Waals surface area (Å²) < 4.78 is 44.0. The number of carbonyl (C=O) groups excluding carboxylic acids is 2. The zero-order chi connectivity index (χ0) is 21.2. The van der Waals surface area contributed by atoms with Crippen molar-refractivity contribution >= 4 is 43.3 Å². The van der Waals surface area contributed by atoms with E-state index in [4.69, 9.17) is 4.74 Å². The molecule has 0 spiro atoms. The molecule has 0 N–H and O–H groups in total. The molecule has 3 aromatic rings. The summed E-state index contributed by atoms with van der Waals surface area (Å²) in [5.74, 6) is -1.66. The highest BCUT2D eigenvalue weighted by atomic mass is 32.2. The predicted molar refractivity (Wildman–Crippen MR) is 106 cm³/mol. The van der Waals surface area contributed by atoms with E-state index < -0.39 is 27.5 Å². The van der Waals surface area contributed by atoms with Crippen LogP contribution < -0.4 is 4.80 Å². The number of sulfone groups is 1. The Morgan fingerprint density at radius 1 is 1.21 bits per heavy atom. The smallest absolute Gasteiger partial charge is 0.326 e. The van der Waals surface area contributed by atoms with Crippen molar-refractivity contribution in [3.63, 3.8) is 0 Å². The van der Waals surface area contributed by atoms with Crippen LogP contribution in [0.25, 0.3) is 10.2 Å². The lowest BCUT2D eigenvalue weighted by Crippen LogP contribution is -2.23. The highest BCUT2D eigenvalue weighted by Gasteiger charge is 2.15. The van der Waals surface area contributed by atoms with Gasteiger partial charge in [-0.05, 0) is 43.3 Å². The number of rotatable bonds is 5. The van der Waals surface area contributed by atoms with Gasteiger partial charge in [-0.15, -0.1) is 0 Å². The van der Waals surface area contributed by atoms with Crippen molar-refractivity contribution in [2.45, 2.75) is 18.4 Å². The molecule has 7 nitrogen and oxygen atoms in total. The zero-order valence-electron chi connectivity index (χ0n) is 15.6. The Hall–Kier alpha value is -2.85. The van der Waals surface area contributed by atoms with Gasteiger partial charge in [0, 0.05) is 11.8 Å². The Morgan fingerprint density at radius 3 is 2.66 bits per heavy atom. The van der Waals surface area contributed by atoms with Crippen molar-refractivity contribution in [2.24, 2.45) is 4.99 Å². The number of nitrogens with zero attached hydrogens (tertiary/aromatic N) is 2. The van der Waals surface area contributed by atoms with E-state index in [1.807, 2.05) is 0 Å². The van der Waals surface area contributed by atoms with Gasteiger partial charge >= 0.3 is 5.97 Å². The summed E-state index contributed by atoms with van der Waals surface area (Å²) in [6.45, 7) is 1.67. The topological polar surface area (TPSA) is 94.8 Å². The largest absolute Gasteiger partial charge is 0.465 e.